The predicted octanol–water partition coefficient (Wildman–Crippen LogP) is 4.68. The minimum atomic E-state index is -0.135. The summed E-state index contributed by atoms with van der Waals surface area (Å²) in [5.74, 6) is 1.64. The van der Waals surface area contributed by atoms with Gasteiger partial charge in [-0.05, 0) is 47.9 Å². The number of ether oxygens (including phenoxy) is 1. The molecule has 0 aliphatic heterocycles. The van der Waals surface area contributed by atoms with Crippen LogP contribution in [0.25, 0.3) is 10.8 Å². The van der Waals surface area contributed by atoms with Crippen molar-refractivity contribution in [3.05, 3.63) is 66.1 Å². The minimum Gasteiger partial charge on any atom is -0.486 e. The van der Waals surface area contributed by atoms with Gasteiger partial charge in [-0.2, -0.15) is 0 Å². The standard InChI is InChI=1S/C21H21NO3/c23-21(22-17-7-3-4-8-17)20-12-11-19(25-20)14-24-18-10-9-15-5-1-2-6-16(15)13-18/h1-2,5-6,9-13,17H,3-4,7-8,14H2,(H,22,23). The first kappa shape index (κ1) is 15.8. The third-order valence-electron chi connectivity index (χ3n) is 4.68. The number of furan rings is 1. The Balaban J connectivity index is 1.37. The van der Waals surface area contributed by atoms with Crippen LogP contribution in [-0.4, -0.2) is 11.9 Å². The van der Waals surface area contributed by atoms with Crippen LogP contribution in [0.15, 0.2) is 59.0 Å². The molecule has 1 aliphatic rings. The zero-order valence-electron chi connectivity index (χ0n) is 14.0. The van der Waals surface area contributed by atoms with E-state index in [1.165, 1.54) is 18.2 Å². The van der Waals surface area contributed by atoms with Gasteiger partial charge in [0, 0.05) is 6.04 Å². The average molecular weight is 335 g/mol. The van der Waals surface area contributed by atoms with Crippen molar-refractivity contribution >= 4 is 16.7 Å². The summed E-state index contributed by atoms with van der Waals surface area (Å²) in [4.78, 5) is 12.2. The van der Waals surface area contributed by atoms with E-state index in [-0.39, 0.29) is 11.9 Å². The van der Waals surface area contributed by atoms with Crippen LogP contribution in [0.5, 0.6) is 5.75 Å². The van der Waals surface area contributed by atoms with Crippen LogP contribution in [0.1, 0.15) is 42.0 Å². The number of hydrogen-bond donors (Lipinski definition) is 1. The van der Waals surface area contributed by atoms with E-state index in [2.05, 4.69) is 17.4 Å². The Kier molecular flexibility index (Phi) is 4.42. The maximum absolute atomic E-state index is 12.2. The molecule has 0 spiro atoms. The second-order valence-corrected chi connectivity index (χ2v) is 6.52. The fourth-order valence-corrected chi connectivity index (χ4v) is 3.32. The molecule has 0 atom stereocenters. The van der Waals surface area contributed by atoms with E-state index in [0.29, 0.717) is 18.1 Å². The summed E-state index contributed by atoms with van der Waals surface area (Å²) in [5.41, 5.74) is 0. The second-order valence-electron chi connectivity index (χ2n) is 6.52. The van der Waals surface area contributed by atoms with Crippen LogP contribution >= 0.6 is 0 Å². The Labute approximate surface area is 146 Å². The van der Waals surface area contributed by atoms with Gasteiger partial charge in [-0.1, -0.05) is 43.2 Å². The lowest BCUT2D eigenvalue weighted by Gasteiger charge is -2.10. The molecule has 1 saturated carbocycles. The fourth-order valence-electron chi connectivity index (χ4n) is 3.32. The summed E-state index contributed by atoms with van der Waals surface area (Å²) in [7, 11) is 0. The molecule has 2 aromatic carbocycles. The van der Waals surface area contributed by atoms with Gasteiger partial charge < -0.3 is 14.5 Å². The summed E-state index contributed by atoms with van der Waals surface area (Å²) in [5, 5.41) is 5.34. The molecule has 1 fully saturated rings. The first-order chi connectivity index (χ1) is 12.3. The lowest BCUT2D eigenvalue weighted by atomic mass is 10.1. The van der Waals surface area contributed by atoms with E-state index < -0.39 is 0 Å². The van der Waals surface area contributed by atoms with Crippen LogP contribution in [0.2, 0.25) is 0 Å². The maximum Gasteiger partial charge on any atom is 0.287 e. The molecule has 1 heterocycles. The predicted molar refractivity (Wildman–Crippen MR) is 96.7 cm³/mol. The van der Waals surface area contributed by atoms with Crippen molar-refractivity contribution in [2.24, 2.45) is 0 Å². The van der Waals surface area contributed by atoms with Crippen molar-refractivity contribution in [2.75, 3.05) is 0 Å². The fraction of sp³-hybridized carbons (Fsp3) is 0.286. The number of benzene rings is 2. The minimum absolute atomic E-state index is 0.135. The van der Waals surface area contributed by atoms with Crippen molar-refractivity contribution < 1.29 is 13.9 Å². The number of amides is 1. The monoisotopic (exact) mass is 335 g/mol. The van der Waals surface area contributed by atoms with Gasteiger partial charge in [-0.25, -0.2) is 0 Å². The van der Waals surface area contributed by atoms with Crippen LogP contribution < -0.4 is 10.1 Å². The number of carbonyl (C=O) groups is 1. The molecule has 1 aliphatic carbocycles. The van der Waals surface area contributed by atoms with Gasteiger partial charge in [0.1, 0.15) is 18.1 Å². The molecular weight excluding hydrogens is 314 g/mol. The number of hydrogen-bond acceptors (Lipinski definition) is 3. The van der Waals surface area contributed by atoms with Crippen molar-refractivity contribution in [2.45, 2.75) is 38.3 Å². The molecule has 3 aromatic rings. The lowest BCUT2D eigenvalue weighted by molar-refractivity contribution is 0.0905. The Bertz CT molecular complexity index is 877. The molecule has 0 saturated heterocycles. The summed E-state index contributed by atoms with van der Waals surface area (Å²) >= 11 is 0. The van der Waals surface area contributed by atoms with Crippen molar-refractivity contribution in [3.63, 3.8) is 0 Å². The number of nitrogens with one attached hydrogen (secondary N) is 1. The van der Waals surface area contributed by atoms with Gasteiger partial charge in [-0.15, -0.1) is 0 Å². The Morgan fingerprint density at radius 1 is 1.04 bits per heavy atom. The van der Waals surface area contributed by atoms with Crippen LogP contribution in [-0.2, 0) is 6.61 Å². The van der Waals surface area contributed by atoms with Gasteiger partial charge in [0.15, 0.2) is 5.76 Å². The lowest BCUT2D eigenvalue weighted by Crippen LogP contribution is -2.32. The van der Waals surface area contributed by atoms with Gasteiger partial charge in [0.25, 0.3) is 5.91 Å². The highest BCUT2D eigenvalue weighted by Crippen LogP contribution is 2.22. The van der Waals surface area contributed by atoms with E-state index in [1.54, 1.807) is 12.1 Å². The smallest absolute Gasteiger partial charge is 0.287 e. The first-order valence-corrected chi connectivity index (χ1v) is 8.79. The quantitative estimate of drug-likeness (QED) is 0.736. The van der Waals surface area contributed by atoms with Gasteiger partial charge in [-0.3, -0.25) is 4.79 Å². The molecule has 1 amide bonds. The highest BCUT2D eigenvalue weighted by Gasteiger charge is 2.19. The number of carbonyl (C=O) groups excluding carboxylic acids is 1. The summed E-state index contributed by atoms with van der Waals surface area (Å²) in [6.45, 7) is 0.301. The van der Waals surface area contributed by atoms with Crippen LogP contribution in [0.3, 0.4) is 0 Å². The molecule has 4 nitrogen and oxygen atoms in total. The zero-order valence-corrected chi connectivity index (χ0v) is 14.0. The Hall–Kier alpha value is -2.75. The molecule has 128 valence electrons. The highest BCUT2D eigenvalue weighted by atomic mass is 16.5. The molecular formula is C21H21NO3. The maximum atomic E-state index is 12.2. The van der Waals surface area contributed by atoms with Crippen molar-refractivity contribution in [1.82, 2.24) is 5.32 Å². The van der Waals surface area contributed by atoms with E-state index in [1.807, 2.05) is 30.3 Å². The van der Waals surface area contributed by atoms with E-state index in [9.17, 15) is 4.79 Å². The molecule has 25 heavy (non-hydrogen) atoms. The van der Waals surface area contributed by atoms with E-state index in [0.717, 1.165) is 24.0 Å². The van der Waals surface area contributed by atoms with Crippen LogP contribution in [0.4, 0.5) is 0 Å². The molecule has 0 unspecified atom stereocenters. The molecule has 0 bridgehead atoms. The highest BCUT2D eigenvalue weighted by molar-refractivity contribution is 5.91. The first-order valence-electron chi connectivity index (χ1n) is 8.79. The summed E-state index contributed by atoms with van der Waals surface area (Å²) in [6, 6.07) is 17.9. The largest absolute Gasteiger partial charge is 0.486 e. The topological polar surface area (TPSA) is 51.5 Å². The average Bonchev–Trinajstić information content (AvgIpc) is 3.31. The third kappa shape index (κ3) is 3.68. The molecule has 1 N–H and O–H groups in total. The van der Waals surface area contributed by atoms with Gasteiger partial charge >= 0.3 is 0 Å². The van der Waals surface area contributed by atoms with Crippen LogP contribution in [0, 0.1) is 0 Å². The second kappa shape index (κ2) is 7.01. The summed E-state index contributed by atoms with van der Waals surface area (Å²) < 4.78 is 11.4. The van der Waals surface area contributed by atoms with E-state index >= 15 is 0 Å². The van der Waals surface area contributed by atoms with Crippen molar-refractivity contribution in [3.8, 4) is 5.75 Å². The van der Waals surface area contributed by atoms with E-state index in [4.69, 9.17) is 9.15 Å². The third-order valence-corrected chi connectivity index (χ3v) is 4.68. The normalized spacial score (nSPS) is 14.7. The molecule has 0 radical (unpaired) electrons. The Morgan fingerprint density at radius 2 is 1.84 bits per heavy atom. The van der Waals surface area contributed by atoms with Gasteiger partial charge in [0.05, 0.1) is 0 Å². The number of fused-ring (bicyclic) bond motifs is 1. The molecule has 1 aromatic heterocycles. The van der Waals surface area contributed by atoms with Gasteiger partial charge in [0.2, 0.25) is 0 Å². The summed E-state index contributed by atoms with van der Waals surface area (Å²) in [6.07, 6.45) is 4.50. The number of rotatable bonds is 5. The zero-order chi connectivity index (χ0) is 17.1. The Morgan fingerprint density at radius 3 is 2.68 bits per heavy atom. The molecule has 4 rings (SSSR count). The SMILES string of the molecule is O=C(NC1CCCC1)c1ccc(COc2ccc3ccccc3c2)o1. The van der Waals surface area contributed by atoms with Crippen molar-refractivity contribution in [1.29, 1.82) is 0 Å². The molecule has 4 heteroatoms.